The number of likely N-dealkylation sites (tertiary alicyclic amines) is 1. The minimum Gasteiger partial charge on any atom is -0.497 e. The third kappa shape index (κ3) is 8.29. The SMILES string of the molecule is COc1ccc2nc(CCCCCC3(COC(N)=O)CC3)c3c(c2c1)CC[C@]1(C[C@@H](C(=O)NC2(C(=O)N(C)S(=O)(=O)C4CC4)CC2)N(C(=O)CC(C)(C)C)C1)O3. The van der Waals surface area contributed by atoms with Crippen molar-refractivity contribution >= 4 is 44.7 Å². The van der Waals surface area contributed by atoms with Crippen molar-refractivity contribution in [1.29, 1.82) is 0 Å². The molecule has 0 radical (unpaired) electrons. The van der Waals surface area contributed by atoms with Crippen molar-refractivity contribution < 1.29 is 41.8 Å². The van der Waals surface area contributed by atoms with Crippen molar-refractivity contribution in [1.82, 2.24) is 19.5 Å². The van der Waals surface area contributed by atoms with Crippen LogP contribution in [0.25, 0.3) is 10.9 Å². The largest absolute Gasteiger partial charge is 0.497 e. The van der Waals surface area contributed by atoms with Crippen LogP contribution in [0.1, 0.15) is 115 Å². The molecule has 15 heteroatoms. The number of carbonyl (C=O) groups excluding carboxylic acids is 4. The van der Waals surface area contributed by atoms with Crippen molar-refractivity contribution in [3.63, 3.8) is 0 Å². The number of hydrogen-bond acceptors (Lipinski definition) is 10. The smallest absolute Gasteiger partial charge is 0.404 e. The summed E-state index contributed by atoms with van der Waals surface area (Å²) < 4.78 is 44.5. The van der Waals surface area contributed by atoms with Crippen molar-refractivity contribution in [3.8, 4) is 11.5 Å². The number of nitrogens with two attached hydrogens (primary N) is 1. The molecule has 4 amide bonds. The summed E-state index contributed by atoms with van der Waals surface area (Å²) in [7, 11) is -0.887. The van der Waals surface area contributed by atoms with Gasteiger partial charge < -0.3 is 30.2 Å². The lowest BCUT2D eigenvalue weighted by Gasteiger charge is -2.37. The van der Waals surface area contributed by atoms with Crippen LogP contribution in [0.5, 0.6) is 11.5 Å². The van der Waals surface area contributed by atoms with Crippen molar-refractivity contribution in [2.75, 3.05) is 27.3 Å². The van der Waals surface area contributed by atoms with Crippen LogP contribution in [0.15, 0.2) is 18.2 Å². The van der Waals surface area contributed by atoms with E-state index in [-0.39, 0.29) is 36.1 Å². The van der Waals surface area contributed by atoms with Gasteiger partial charge in [-0.25, -0.2) is 22.5 Å². The summed E-state index contributed by atoms with van der Waals surface area (Å²) in [5.74, 6) is 0.114. The van der Waals surface area contributed by atoms with Gasteiger partial charge in [0.1, 0.15) is 28.7 Å². The molecule has 3 heterocycles. The summed E-state index contributed by atoms with van der Waals surface area (Å²) in [5.41, 5.74) is 5.42. The summed E-state index contributed by atoms with van der Waals surface area (Å²) in [6.07, 6.45) is 9.09. The molecule has 1 aromatic heterocycles. The molecule has 7 rings (SSSR count). The van der Waals surface area contributed by atoms with Gasteiger partial charge in [-0.15, -0.1) is 0 Å². The minimum atomic E-state index is -3.79. The van der Waals surface area contributed by atoms with E-state index in [9.17, 15) is 27.6 Å². The number of carbonyl (C=O) groups is 4. The second kappa shape index (κ2) is 14.7. The maximum atomic E-state index is 14.3. The van der Waals surface area contributed by atoms with Gasteiger partial charge >= 0.3 is 6.09 Å². The number of aryl methyl sites for hydroxylation is 2. The van der Waals surface area contributed by atoms with E-state index in [1.165, 1.54) is 7.05 Å². The van der Waals surface area contributed by atoms with Crippen molar-refractivity contribution in [3.05, 3.63) is 29.5 Å². The van der Waals surface area contributed by atoms with Crippen LogP contribution in [0.2, 0.25) is 0 Å². The third-order valence-corrected chi connectivity index (χ3v) is 14.7. The Balaban J connectivity index is 1.12. The van der Waals surface area contributed by atoms with E-state index in [0.29, 0.717) is 63.1 Å². The number of sulfonamides is 1. The van der Waals surface area contributed by atoms with Gasteiger partial charge in [-0.05, 0) is 94.2 Å². The van der Waals surface area contributed by atoms with Crippen LogP contribution in [-0.4, -0.2) is 96.2 Å². The zero-order valence-corrected chi connectivity index (χ0v) is 34.2. The molecular formula is C41H57N5O9S. The molecule has 1 spiro atoms. The van der Waals surface area contributed by atoms with E-state index in [2.05, 4.69) is 5.32 Å². The maximum Gasteiger partial charge on any atom is 0.404 e. The van der Waals surface area contributed by atoms with Crippen LogP contribution in [0, 0.1) is 10.8 Å². The topological polar surface area (TPSA) is 188 Å². The van der Waals surface area contributed by atoms with Gasteiger partial charge in [0.05, 0.1) is 36.7 Å². The number of primary amides is 1. The summed E-state index contributed by atoms with van der Waals surface area (Å²) in [5, 5.41) is 3.31. The van der Waals surface area contributed by atoms with Crippen LogP contribution in [-0.2, 0) is 42.0 Å². The monoisotopic (exact) mass is 795 g/mol. The first-order chi connectivity index (χ1) is 26.4. The fourth-order valence-corrected chi connectivity index (χ4v) is 10.2. The molecule has 4 fully saturated rings. The van der Waals surface area contributed by atoms with Gasteiger partial charge in [-0.1, -0.05) is 33.6 Å². The van der Waals surface area contributed by atoms with Gasteiger partial charge in [0.25, 0.3) is 5.91 Å². The number of benzene rings is 1. The number of pyridine rings is 1. The standard InChI is InChI=1S/C41H57N5O9S/c1-38(2,3)23-33(47)46-24-40(22-32(46)35(48)44-41(19-20-41)36(49)45(4)56(51,52)27-11-12-27)16-14-28-29-21-26(53-5)10-13-30(29)43-31(34(28)55-40)9-7-6-8-15-39(17-18-39)25-54-37(42)50/h10,13,21,27,32H,6-9,11-12,14-20,22-25H2,1-5H3,(H2,42,50)(H,44,48)/t32-,40+/m0/s1. The zero-order chi connectivity index (χ0) is 40.3. The molecule has 2 atom stereocenters. The summed E-state index contributed by atoms with van der Waals surface area (Å²) in [4.78, 5) is 59.8. The van der Waals surface area contributed by atoms with Gasteiger partial charge in [0.2, 0.25) is 21.8 Å². The van der Waals surface area contributed by atoms with Crippen molar-refractivity contribution in [2.45, 2.75) is 140 Å². The molecular weight excluding hydrogens is 739 g/mol. The number of likely N-dealkylation sites (N-methyl/N-ethyl adjacent to an activating group) is 1. The van der Waals surface area contributed by atoms with E-state index in [1.807, 2.05) is 39.0 Å². The number of fused-ring (bicyclic) bond motifs is 3. The van der Waals surface area contributed by atoms with Crippen LogP contribution in [0.4, 0.5) is 4.79 Å². The molecule has 3 aliphatic carbocycles. The van der Waals surface area contributed by atoms with E-state index in [4.69, 9.17) is 24.9 Å². The molecule has 56 heavy (non-hydrogen) atoms. The van der Waals surface area contributed by atoms with Gasteiger partial charge in [0.15, 0.2) is 0 Å². The molecule has 0 unspecified atom stereocenters. The number of nitrogens with zero attached hydrogens (tertiary/aromatic N) is 3. The highest BCUT2D eigenvalue weighted by atomic mass is 32.2. The Bertz CT molecular complexity index is 2020. The van der Waals surface area contributed by atoms with Gasteiger partial charge in [-0.2, -0.15) is 0 Å². The Morgan fingerprint density at radius 2 is 1.80 bits per heavy atom. The fourth-order valence-electron chi connectivity index (χ4n) is 8.57. The molecule has 306 valence electrons. The summed E-state index contributed by atoms with van der Waals surface area (Å²) >= 11 is 0. The highest BCUT2D eigenvalue weighted by Gasteiger charge is 2.59. The Hall–Kier alpha value is -4.14. The molecule has 0 bridgehead atoms. The Morgan fingerprint density at radius 1 is 1.07 bits per heavy atom. The normalized spacial score (nSPS) is 23.2. The fraction of sp³-hybridized carbons (Fsp3) is 0.683. The van der Waals surface area contributed by atoms with Crippen LogP contribution in [0.3, 0.4) is 0 Å². The maximum absolute atomic E-state index is 14.3. The summed E-state index contributed by atoms with van der Waals surface area (Å²) in [6.45, 7) is 6.49. The number of amides is 4. The number of aromatic nitrogens is 1. The average molecular weight is 796 g/mol. The molecule has 5 aliphatic rings. The number of methoxy groups -OCH3 is 1. The van der Waals surface area contributed by atoms with Gasteiger partial charge in [0, 0.05) is 36.3 Å². The molecule has 2 aromatic rings. The third-order valence-electron chi connectivity index (χ3n) is 12.4. The molecule has 1 saturated heterocycles. The molecule has 3 N–H and O–H groups in total. The first kappa shape index (κ1) is 40.1. The first-order valence-electron chi connectivity index (χ1n) is 20.1. The predicted molar refractivity (Wildman–Crippen MR) is 208 cm³/mol. The molecule has 2 aliphatic heterocycles. The molecule has 14 nitrogen and oxygen atoms in total. The number of nitrogens with one attached hydrogen (secondary N) is 1. The lowest BCUT2D eigenvalue weighted by molar-refractivity contribution is -0.141. The minimum absolute atomic E-state index is 0.0439. The van der Waals surface area contributed by atoms with E-state index in [1.54, 1.807) is 12.0 Å². The Morgan fingerprint density at radius 3 is 2.43 bits per heavy atom. The van der Waals surface area contributed by atoms with E-state index >= 15 is 0 Å². The highest BCUT2D eigenvalue weighted by molar-refractivity contribution is 7.90. The average Bonchev–Trinajstić information content (AvgIpc) is 4.04. The van der Waals surface area contributed by atoms with Crippen LogP contribution >= 0.6 is 0 Å². The molecule has 1 aromatic carbocycles. The second-order valence-corrected chi connectivity index (χ2v) is 20.5. The van der Waals surface area contributed by atoms with E-state index in [0.717, 1.165) is 65.0 Å². The lowest BCUT2D eigenvalue weighted by Crippen LogP contribution is -2.56. The molecule has 3 saturated carbocycles. The quantitative estimate of drug-likeness (QED) is 0.234. The first-order valence-corrected chi connectivity index (χ1v) is 21.6. The summed E-state index contributed by atoms with van der Waals surface area (Å²) in [6, 6.07) is 4.93. The van der Waals surface area contributed by atoms with Gasteiger partial charge in [-0.3, -0.25) is 14.4 Å². The van der Waals surface area contributed by atoms with Crippen LogP contribution < -0.4 is 20.5 Å². The predicted octanol–water partition coefficient (Wildman–Crippen LogP) is 4.92. The number of hydrogen-bond donors (Lipinski definition) is 2. The Labute approximate surface area is 329 Å². The highest BCUT2D eigenvalue weighted by Crippen LogP contribution is 2.50. The zero-order valence-electron chi connectivity index (χ0n) is 33.4. The van der Waals surface area contributed by atoms with Crippen molar-refractivity contribution in [2.24, 2.45) is 16.6 Å². The number of ether oxygens (including phenoxy) is 3. The second-order valence-electron chi connectivity index (χ2n) is 18.3. The number of unbranched alkanes of at least 4 members (excludes halogenated alkanes) is 2. The van der Waals surface area contributed by atoms with E-state index < -0.39 is 50.4 Å². The Kier molecular flexibility index (Phi) is 10.5. The lowest BCUT2D eigenvalue weighted by atomic mass is 9.86. The number of rotatable bonds is 15.